The van der Waals surface area contributed by atoms with E-state index < -0.39 is 23.8 Å². The van der Waals surface area contributed by atoms with Gasteiger partial charge >= 0.3 is 12.1 Å². The zero-order chi connectivity index (χ0) is 14.5. The van der Waals surface area contributed by atoms with Crippen molar-refractivity contribution in [3.8, 4) is 0 Å². The standard InChI is InChI=1S/C12H14F3NO3/c1-19-7-10(11(17)18)16-6-8-3-2-4-9(5-8)12(13,14)15/h2-5,10,16H,6-7H2,1H3,(H,17,18). The van der Waals surface area contributed by atoms with Crippen LogP contribution < -0.4 is 5.32 Å². The molecule has 7 heteroatoms. The average molecular weight is 277 g/mol. The van der Waals surface area contributed by atoms with Crippen molar-refractivity contribution in [1.29, 1.82) is 0 Å². The molecule has 4 nitrogen and oxygen atoms in total. The summed E-state index contributed by atoms with van der Waals surface area (Å²) in [6.07, 6.45) is -4.41. The molecule has 0 aliphatic heterocycles. The molecule has 1 aromatic carbocycles. The first kappa shape index (κ1) is 15.5. The summed E-state index contributed by atoms with van der Waals surface area (Å²) in [7, 11) is 1.35. The van der Waals surface area contributed by atoms with Crippen LogP contribution in [-0.2, 0) is 22.3 Å². The van der Waals surface area contributed by atoms with E-state index in [1.54, 1.807) is 0 Å². The fourth-order valence-electron chi connectivity index (χ4n) is 1.48. The maximum atomic E-state index is 12.5. The average Bonchev–Trinajstić information content (AvgIpc) is 2.33. The molecule has 0 aromatic heterocycles. The number of ether oxygens (including phenoxy) is 1. The summed E-state index contributed by atoms with van der Waals surface area (Å²) >= 11 is 0. The van der Waals surface area contributed by atoms with E-state index in [0.717, 1.165) is 12.1 Å². The summed E-state index contributed by atoms with van der Waals surface area (Å²) < 4.78 is 42.2. The maximum absolute atomic E-state index is 12.5. The molecule has 0 radical (unpaired) electrons. The number of carboxylic acids is 1. The third kappa shape index (κ3) is 4.88. The summed E-state index contributed by atoms with van der Waals surface area (Å²) in [5, 5.41) is 11.5. The van der Waals surface area contributed by atoms with Gasteiger partial charge in [-0.15, -0.1) is 0 Å². The summed E-state index contributed by atoms with van der Waals surface area (Å²) in [6, 6.07) is 3.77. The van der Waals surface area contributed by atoms with Crippen LogP contribution in [0.2, 0.25) is 0 Å². The van der Waals surface area contributed by atoms with E-state index in [1.165, 1.54) is 19.2 Å². The van der Waals surface area contributed by atoms with Crippen molar-refractivity contribution in [2.75, 3.05) is 13.7 Å². The van der Waals surface area contributed by atoms with Crippen LogP contribution in [0, 0.1) is 0 Å². The van der Waals surface area contributed by atoms with Crippen molar-refractivity contribution in [2.45, 2.75) is 18.8 Å². The molecular weight excluding hydrogens is 263 g/mol. The van der Waals surface area contributed by atoms with E-state index in [9.17, 15) is 18.0 Å². The molecule has 0 amide bonds. The Morgan fingerprint density at radius 3 is 2.68 bits per heavy atom. The first-order valence-corrected chi connectivity index (χ1v) is 5.46. The molecule has 0 saturated carbocycles. The van der Waals surface area contributed by atoms with Crippen molar-refractivity contribution in [1.82, 2.24) is 5.32 Å². The lowest BCUT2D eigenvalue weighted by molar-refractivity contribution is -0.141. The van der Waals surface area contributed by atoms with Gasteiger partial charge in [-0.05, 0) is 11.6 Å². The predicted octanol–water partition coefficient (Wildman–Crippen LogP) is 1.89. The van der Waals surface area contributed by atoms with Gasteiger partial charge in [-0.1, -0.05) is 18.2 Å². The van der Waals surface area contributed by atoms with E-state index in [4.69, 9.17) is 9.84 Å². The molecular formula is C12H14F3NO3. The smallest absolute Gasteiger partial charge is 0.416 e. The molecule has 0 heterocycles. The molecule has 0 saturated heterocycles. The summed E-state index contributed by atoms with van der Waals surface area (Å²) in [6.45, 7) is -0.0431. The van der Waals surface area contributed by atoms with Gasteiger partial charge in [0.05, 0.1) is 12.2 Å². The van der Waals surface area contributed by atoms with Gasteiger partial charge in [0.25, 0.3) is 0 Å². The Bertz CT molecular complexity index is 434. The van der Waals surface area contributed by atoms with Gasteiger partial charge in [0.2, 0.25) is 0 Å². The minimum atomic E-state index is -4.41. The lowest BCUT2D eigenvalue weighted by Gasteiger charge is -2.14. The number of carboxylic acid groups (broad SMARTS) is 1. The Hall–Kier alpha value is -1.60. The third-order valence-electron chi connectivity index (χ3n) is 2.44. The predicted molar refractivity (Wildman–Crippen MR) is 61.6 cm³/mol. The second kappa shape index (κ2) is 6.53. The summed E-state index contributed by atoms with van der Waals surface area (Å²) in [5.74, 6) is -1.12. The van der Waals surface area contributed by atoms with Crippen molar-refractivity contribution in [3.05, 3.63) is 35.4 Å². The molecule has 1 atom stereocenters. The number of aliphatic carboxylic acids is 1. The highest BCUT2D eigenvalue weighted by molar-refractivity contribution is 5.73. The topological polar surface area (TPSA) is 58.6 Å². The number of methoxy groups -OCH3 is 1. The fourth-order valence-corrected chi connectivity index (χ4v) is 1.48. The van der Waals surface area contributed by atoms with Gasteiger partial charge in [0, 0.05) is 13.7 Å². The molecule has 0 fully saturated rings. The van der Waals surface area contributed by atoms with Crippen LogP contribution in [0.3, 0.4) is 0 Å². The van der Waals surface area contributed by atoms with Crippen molar-refractivity contribution in [3.63, 3.8) is 0 Å². The Balaban J connectivity index is 2.69. The van der Waals surface area contributed by atoms with E-state index in [2.05, 4.69) is 5.32 Å². The normalized spacial score (nSPS) is 13.3. The molecule has 0 bridgehead atoms. The quantitative estimate of drug-likeness (QED) is 0.833. The second-order valence-electron chi connectivity index (χ2n) is 3.93. The van der Waals surface area contributed by atoms with Gasteiger partial charge in [0.1, 0.15) is 6.04 Å². The van der Waals surface area contributed by atoms with Crippen molar-refractivity contribution >= 4 is 5.97 Å². The first-order chi connectivity index (χ1) is 8.84. The van der Waals surface area contributed by atoms with Crippen LogP contribution in [-0.4, -0.2) is 30.8 Å². The summed E-state index contributed by atoms with van der Waals surface area (Å²) in [5.41, 5.74) is -0.400. The van der Waals surface area contributed by atoms with Gasteiger partial charge < -0.3 is 9.84 Å². The first-order valence-electron chi connectivity index (χ1n) is 5.46. The van der Waals surface area contributed by atoms with E-state index in [1.807, 2.05) is 0 Å². The monoisotopic (exact) mass is 277 g/mol. The van der Waals surface area contributed by atoms with Crippen LogP contribution in [0.5, 0.6) is 0 Å². The fraction of sp³-hybridized carbons (Fsp3) is 0.417. The molecule has 0 aliphatic carbocycles. The van der Waals surface area contributed by atoms with Crippen LogP contribution in [0.15, 0.2) is 24.3 Å². The SMILES string of the molecule is COCC(NCc1cccc(C(F)(F)F)c1)C(=O)O. The zero-order valence-corrected chi connectivity index (χ0v) is 10.2. The van der Waals surface area contributed by atoms with Gasteiger partial charge in [0.15, 0.2) is 0 Å². The van der Waals surface area contributed by atoms with Crippen molar-refractivity contribution < 1.29 is 27.8 Å². The Kier molecular flexibility index (Phi) is 5.31. The number of halogens is 3. The molecule has 2 N–H and O–H groups in total. The lowest BCUT2D eigenvalue weighted by atomic mass is 10.1. The summed E-state index contributed by atoms with van der Waals surface area (Å²) in [4.78, 5) is 10.8. The van der Waals surface area contributed by atoms with Crippen LogP contribution >= 0.6 is 0 Å². The number of rotatable bonds is 6. The molecule has 1 rings (SSSR count). The largest absolute Gasteiger partial charge is 0.480 e. The number of benzene rings is 1. The molecule has 19 heavy (non-hydrogen) atoms. The van der Waals surface area contributed by atoms with E-state index >= 15 is 0 Å². The molecule has 1 unspecified atom stereocenters. The van der Waals surface area contributed by atoms with E-state index in [-0.39, 0.29) is 13.2 Å². The lowest BCUT2D eigenvalue weighted by Crippen LogP contribution is -2.39. The van der Waals surface area contributed by atoms with Gasteiger partial charge in [-0.3, -0.25) is 10.1 Å². The Morgan fingerprint density at radius 2 is 2.16 bits per heavy atom. The third-order valence-corrected chi connectivity index (χ3v) is 2.44. The second-order valence-corrected chi connectivity index (χ2v) is 3.93. The zero-order valence-electron chi connectivity index (χ0n) is 10.2. The minimum Gasteiger partial charge on any atom is -0.480 e. The van der Waals surface area contributed by atoms with Gasteiger partial charge in [-0.25, -0.2) is 0 Å². The Labute approximate surface area is 108 Å². The van der Waals surface area contributed by atoms with Crippen LogP contribution in [0.25, 0.3) is 0 Å². The number of carbonyl (C=O) groups is 1. The molecule has 0 aliphatic rings. The van der Waals surface area contributed by atoms with E-state index in [0.29, 0.717) is 5.56 Å². The highest BCUT2D eigenvalue weighted by Crippen LogP contribution is 2.29. The Morgan fingerprint density at radius 1 is 1.47 bits per heavy atom. The van der Waals surface area contributed by atoms with Crippen LogP contribution in [0.1, 0.15) is 11.1 Å². The molecule has 106 valence electrons. The number of alkyl halides is 3. The molecule has 0 spiro atoms. The number of hydrogen-bond acceptors (Lipinski definition) is 3. The van der Waals surface area contributed by atoms with Crippen molar-refractivity contribution in [2.24, 2.45) is 0 Å². The minimum absolute atomic E-state index is 0.0181. The number of nitrogens with one attached hydrogen (secondary N) is 1. The van der Waals surface area contributed by atoms with Crippen LogP contribution in [0.4, 0.5) is 13.2 Å². The highest BCUT2D eigenvalue weighted by atomic mass is 19.4. The number of hydrogen-bond donors (Lipinski definition) is 2. The van der Waals surface area contributed by atoms with Gasteiger partial charge in [-0.2, -0.15) is 13.2 Å². The molecule has 1 aromatic rings. The maximum Gasteiger partial charge on any atom is 0.416 e. The highest BCUT2D eigenvalue weighted by Gasteiger charge is 2.30.